The fourth-order valence-electron chi connectivity index (χ4n) is 2.65. The Morgan fingerprint density at radius 1 is 1.13 bits per heavy atom. The third kappa shape index (κ3) is 5.11. The zero-order valence-corrected chi connectivity index (χ0v) is 18.4. The maximum Gasteiger partial charge on any atom is 0.273 e. The van der Waals surface area contributed by atoms with Gasteiger partial charge in [0.2, 0.25) is 0 Å². The molecule has 2 N–H and O–H groups in total. The van der Waals surface area contributed by atoms with E-state index in [0.717, 1.165) is 16.9 Å². The average molecular weight is 443 g/mol. The Hall–Kier alpha value is -3.04. The van der Waals surface area contributed by atoms with Crippen LogP contribution in [0, 0.1) is 0 Å². The van der Waals surface area contributed by atoms with Crippen LogP contribution in [0.25, 0.3) is 0 Å². The summed E-state index contributed by atoms with van der Waals surface area (Å²) in [4.78, 5) is 16.6. The van der Waals surface area contributed by atoms with Gasteiger partial charge in [-0.1, -0.05) is 44.2 Å². The molecule has 0 unspecified atom stereocenters. The van der Waals surface area contributed by atoms with E-state index in [0.29, 0.717) is 11.6 Å². The molecule has 0 radical (unpaired) electrons. The predicted molar refractivity (Wildman–Crippen MR) is 120 cm³/mol. The van der Waals surface area contributed by atoms with Crippen molar-refractivity contribution in [3.8, 4) is 0 Å². The molecule has 0 aliphatic heterocycles. The smallest absolute Gasteiger partial charge is 0.273 e. The Morgan fingerprint density at radius 3 is 2.50 bits per heavy atom. The van der Waals surface area contributed by atoms with Crippen LogP contribution in [0.2, 0.25) is 0 Å². The molecule has 30 heavy (non-hydrogen) atoms. The molecule has 1 amide bonds. The molecule has 0 atom stereocenters. The number of rotatable bonds is 7. The monoisotopic (exact) mass is 442 g/mol. The maximum absolute atomic E-state index is 12.6. The summed E-state index contributed by atoms with van der Waals surface area (Å²) in [5.74, 6) is -0.113. The summed E-state index contributed by atoms with van der Waals surface area (Å²) < 4.78 is 27.5. The van der Waals surface area contributed by atoms with E-state index in [4.69, 9.17) is 0 Å². The van der Waals surface area contributed by atoms with Crippen molar-refractivity contribution in [2.45, 2.75) is 30.9 Å². The number of nitrogens with zero attached hydrogens (tertiary/aromatic N) is 2. The predicted octanol–water partition coefficient (Wildman–Crippen LogP) is 4.22. The maximum atomic E-state index is 12.6. The summed E-state index contributed by atoms with van der Waals surface area (Å²) in [6, 6.07) is 12.5. The van der Waals surface area contributed by atoms with E-state index in [9.17, 15) is 13.2 Å². The fourth-order valence-corrected chi connectivity index (χ4v) is 4.71. The number of hydrogen-bond donors (Lipinski definition) is 2. The summed E-state index contributed by atoms with van der Waals surface area (Å²) in [5, 5.41) is 5.82. The van der Waals surface area contributed by atoms with Crippen LogP contribution in [-0.4, -0.2) is 25.0 Å². The van der Waals surface area contributed by atoms with Crippen LogP contribution in [0.15, 0.2) is 69.5 Å². The highest BCUT2D eigenvalue weighted by atomic mass is 32.2. The highest BCUT2D eigenvalue weighted by Crippen LogP contribution is 2.22. The minimum Gasteiger partial charge on any atom is -0.277 e. The lowest BCUT2D eigenvalue weighted by molar-refractivity contribution is 0.0955. The molecule has 2 aromatic heterocycles. The summed E-state index contributed by atoms with van der Waals surface area (Å²) in [7, 11) is -3.80. The molecule has 3 aromatic rings. The van der Waals surface area contributed by atoms with Gasteiger partial charge in [-0.3, -0.25) is 14.5 Å². The van der Waals surface area contributed by atoms with Crippen molar-refractivity contribution in [3.05, 3.63) is 76.9 Å². The van der Waals surface area contributed by atoms with E-state index in [1.54, 1.807) is 18.4 Å². The van der Waals surface area contributed by atoms with Crippen molar-refractivity contribution < 1.29 is 13.2 Å². The first-order chi connectivity index (χ1) is 14.3. The lowest BCUT2D eigenvalue weighted by Gasteiger charge is -2.10. The van der Waals surface area contributed by atoms with Gasteiger partial charge >= 0.3 is 0 Å². The van der Waals surface area contributed by atoms with Crippen molar-refractivity contribution >= 4 is 38.7 Å². The molecule has 0 bridgehead atoms. The minimum atomic E-state index is -3.80. The van der Waals surface area contributed by atoms with E-state index in [2.05, 4.69) is 34.1 Å². The van der Waals surface area contributed by atoms with Crippen molar-refractivity contribution in [1.82, 2.24) is 10.4 Å². The van der Waals surface area contributed by atoms with E-state index in [-0.39, 0.29) is 15.5 Å². The van der Waals surface area contributed by atoms with Gasteiger partial charge in [0, 0.05) is 6.20 Å². The largest absolute Gasteiger partial charge is 0.277 e. The van der Waals surface area contributed by atoms with Gasteiger partial charge in [0.05, 0.1) is 23.2 Å². The number of nitrogens with one attached hydrogen (secondary N) is 2. The number of hydrogen-bond acceptors (Lipinski definition) is 6. The number of benzene rings is 1. The van der Waals surface area contributed by atoms with Crippen LogP contribution < -0.4 is 10.1 Å². The molecule has 0 aliphatic rings. The average Bonchev–Trinajstić information content (AvgIpc) is 3.28. The van der Waals surface area contributed by atoms with Gasteiger partial charge < -0.3 is 0 Å². The van der Waals surface area contributed by atoms with Gasteiger partial charge in [-0.15, -0.1) is 11.3 Å². The number of anilines is 1. The van der Waals surface area contributed by atoms with Gasteiger partial charge in [0.25, 0.3) is 15.9 Å². The van der Waals surface area contributed by atoms with Gasteiger partial charge in [0.1, 0.15) is 4.21 Å². The third-order valence-electron chi connectivity index (χ3n) is 4.39. The fraction of sp³-hybridized carbons (Fsp3) is 0.190. The van der Waals surface area contributed by atoms with Crippen LogP contribution in [0.5, 0.6) is 0 Å². The molecule has 9 heteroatoms. The van der Waals surface area contributed by atoms with Crippen LogP contribution in [0.4, 0.5) is 5.69 Å². The first kappa shape index (κ1) is 21.7. The molecule has 1 aromatic carbocycles. The summed E-state index contributed by atoms with van der Waals surface area (Å²) in [6.07, 6.45) is 2.71. The minimum absolute atomic E-state index is 0.0811. The molecule has 0 saturated carbocycles. The number of amides is 1. The molecule has 0 spiro atoms. The second-order valence-electron chi connectivity index (χ2n) is 6.87. The van der Waals surface area contributed by atoms with E-state index in [1.165, 1.54) is 30.1 Å². The van der Waals surface area contributed by atoms with Gasteiger partial charge in [-0.05, 0) is 41.5 Å². The molecule has 156 valence electrons. The highest BCUT2D eigenvalue weighted by Gasteiger charge is 2.19. The van der Waals surface area contributed by atoms with Crippen molar-refractivity contribution in [2.24, 2.45) is 5.10 Å². The zero-order chi connectivity index (χ0) is 21.7. The van der Waals surface area contributed by atoms with Gasteiger partial charge in [-0.2, -0.15) is 5.10 Å². The summed E-state index contributed by atoms with van der Waals surface area (Å²) >= 11 is 1.08. The standard InChI is InChI=1S/C21H22N4O3S2/c1-14(2)16-6-8-17(9-7-16)15(3)23-24-21(26)18-10-11-22-13-19(18)25-30(27,28)20-5-4-12-29-20/h4-14,25H,1-3H3,(H,24,26). The first-order valence-electron chi connectivity index (χ1n) is 9.23. The van der Waals surface area contributed by atoms with Crippen molar-refractivity contribution in [1.29, 1.82) is 0 Å². The molecular formula is C21H22N4O3S2. The second-order valence-corrected chi connectivity index (χ2v) is 9.73. The number of hydrazone groups is 1. The van der Waals surface area contributed by atoms with Crippen LogP contribution in [0.3, 0.4) is 0 Å². The van der Waals surface area contributed by atoms with Crippen LogP contribution in [-0.2, 0) is 10.0 Å². The number of thiophene rings is 1. The van der Waals surface area contributed by atoms with Gasteiger partial charge in [-0.25, -0.2) is 13.8 Å². The topological polar surface area (TPSA) is 101 Å². The molecule has 0 fully saturated rings. The Bertz CT molecular complexity index is 1150. The van der Waals surface area contributed by atoms with Gasteiger partial charge in [0.15, 0.2) is 0 Å². The second kappa shape index (κ2) is 9.19. The number of carbonyl (C=O) groups excluding carboxylic acids is 1. The lowest BCUT2D eigenvalue weighted by Crippen LogP contribution is -2.22. The lowest BCUT2D eigenvalue weighted by atomic mass is 10.0. The van der Waals surface area contributed by atoms with Crippen LogP contribution in [0.1, 0.15) is 48.2 Å². The van der Waals surface area contributed by atoms with Crippen LogP contribution >= 0.6 is 11.3 Å². The normalized spacial score (nSPS) is 12.1. The molecule has 7 nitrogen and oxygen atoms in total. The van der Waals surface area contributed by atoms with E-state index in [1.807, 2.05) is 24.3 Å². The van der Waals surface area contributed by atoms with Crippen molar-refractivity contribution in [3.63, 3.8) is 0 Å². The Morgan fingerprint density at radius 2 is 1.87 bits per heavy atom. The van der Waals surface area contributed by atoms with E-state index < -0.39 is 15.9 Å². The first-order valence-corrected chi connectivity index (χ1v) is 11.6. The molecule has 0 aliphatic carbocycles. The Labute approximate surface area is 179 Å². The SMILES string of the molecule is CC(=NNC(=O)c1ccncc1NS(=O)(=O)c1cccs1)c1ccc(C(C)C)cc1. The zero-order valence-electron chi connectivity index (χ0n) is 16.8. The highest BCUT2D eigenvalue weighted by molar-refractivity contribution is 7.94. The quantitative estimate of drug-likeness (QED) is 0.422. The molecule has 2 heterocycles. The molecular weight excluding hydrogens is 420 g/mol. The van der Waals surface area contributed by atoms with Crippen molar-refractivity contribution in [2.75, 3.05) is 4.72 Å². The Kier molecular flexibility index (Phi) is 6.63. The molecule has 0 saturated heterocycles. The number of sulfonamides is 1. The molecule has 3 rings (SSSR count). The number of pyridine rings is 1. The Balaban J connectivity index is 1.77. The summed E-state index contributed by atoms with van der Waals surface area (Å²) in [6.45, 7) is 6.03. The number of aromatic nitrogens is 1. The third-order valence-corrected chi connectivity index (χ3v) is 7.15. The number of carbonyl (C=O) groups is 1. The summed E-state index contributed by atoms with van der Waals surface area (Å²) in [5.41, 5.74) is 5.42. The van der Waals surface area contributed by atoms with E-state index >= 15 is 0 Å².